The highest BCUT2D eigenvalue weighted by Gasteiger charge is 2.04. The third-order valence-electron chi connectivity index (χ3n) is 2.52. The van der Waals surface area contributed by atoms with E-state index in [0.29, 0.717) is 5.56 Å². The zero-order valence-corrected chi connectivity index (χ0v) is 9.83. The zero-order chi connectivity index (χ0) is 12.3. The first-order valence-electron chi connectivity index (χ1n) is 5.37. The Morgan fingerprint density at radius 3 is 2.41 bits per heavy atom. The second-order valence-corrected chi connectivity index (χ2v) is 3.65. The van der Waals surface area contributed by atoms with Crippen LogP contribution in [-0.2, 0) is 0 Å². The number of aromatic hydroxyl groups is 1. The molecule has 0 atom stereocenters. The molecular formula is C16H12O. The van der Waals surface area contributed by atoms with Crippen LogP contribution in [0.5, 0.6) is 5.75 Å². The minimum Gasteiger partial charge on any atom is -0.507 e. The molecule has 1 heteroatoms. The molecule has 1 N–H and O–H groups in total. The van der Waals surface area contributed by atoms with Crippen LogP contribution < -0.4 is 0 Å². The quantitative estimate of drug-likeness (QED) is 0.675. The average molecular weight is 220 g/mol. The van der Waals surface area contributed by atoms with Crippen LogP contribution in [0.15, 0.2) is 30.3 Å². The standard InChI is InChI=1S/C16H12O/c1-3-5-12-7-9-14-13(11-12)8-10-16(17)15(14)6-4-2/h7-11,17H,1-2H3. The topological polar surface area (TPSA) is 20.2 Å². The van der Waals surface area contributed by atoms with Gasteiger partial charge in [0.15, 0.2) is 0 Å². The van der Waals surface area contributed by atoms with Gasteiger partial charge in [0.05, 0.1) is 5.56 Å². The third-order valence-corrected chi connectivity index (χ3v) is 2.52. The number of phenols is 1. The molecule has 0 fully saturated rings. The van der Waals surface area contributed by atoms with Gasteiger partial charge in [-0.15, -0.1) is 11.8 Å². The maximum Gasteiger partial charge on any atom is 0.131 e. The lowest BCUT2D eigenvalue weighted by Gasteiger charge is -2.04. The Morgan fingerprint density at radius 2 is 1.71 bits per heavy atom. The lowest BCUT2D eigenvalue weighted by Crippen LogP contribution is -1.83. The van der Waals surface area contributed by atoms with Gasteiger partial charge in [-0.1, -0.05) is 24.0 Å². The lowest BCUT2D eigenvalue weighted by atomic mass is 10.0. The van der Waals surface area contributed by atoms with E-state index >= 15 is 0 Å². The molecule has 0 aliphatic carbocycles. The number of phenolic OH excluding ortho intramolecular Hbond substituents is 1. The van der Waals surface area contributed by atoms with Gasteiger partial charge in [-0.3, -0.25) is 0 Å². The summed E-state index contributed by atoms with van der Waals surface area (Å²) in [4.78, 5) is 0. The van der Waals surface area contributed by atoms with Crippen LogP contribution in [0.1, 0.15) is 25.0 Å². The van der Waals surface area contributed by atoms with E-state index < -0.39 is 0 Å². The van der Waals surface area contributed by atoms with E-state index in [0.717, 1.165) is 16.3 Å². The highest BCUT2D eigenvalue weighted by atomic mass is 16.3. The lowest BCUT2D eigenvalue weighted by molar-refractivity contribution is 0.474. The molecule has 0 aromatic heterocycles. The van der Waals surface area contributed by atoms with Gasteiger partial charge >= 0.3 is 0 Å². The number of fused-ring (bicyclic) bond motifs is 1. The summed E-state index contributed by atoms with van der Waals surface area (Å²) in [6.07, 6.45) is 0. The van der Waals surface area contributed by atoms with Crippen molar-refractivity contribution in [1.82, 2.24) is 0 Å². The van der Waals surface area contributed by atoms with Crippen molar-refractivity contribution in [3.63, 3.8) is 0 Å². The molecule has 2 rings (SSSR count). The van der Waals surface area contributed by atoms with Crippen molar-refractivity contribution in [1.29, 1.82) is 0 Å². The second-order valence-electron chi connectivity index (χ2n) is 3.65. The zero-order valence-electron chi connectivity index (χ0n) is 9.83. The summed E-state index contributed by atoms with van der Waals surface area (Å²) in [6, 6.07) is 9.46. The van der Waals surface area contributed by atoms with E-state index in [1.165, 1.54) is 0 Å². The summed E-state index contributed by atoms with van der Waals surface area (Å²) in [6.45, 7) is 3.57. The summed E-state index contributed by atoms with van der Waals surface area (Å²) < 4.78 is 0. The molecule has 2 aromatic rings. The number of benzene rings is 2. The molecule has 0 heterocycles. The molecule has 0 spiro atoms. The molecule has 0 bridgehead atoms. The number of hydrogen-bond acceptors (Lipinski definition) is 1. The minimum absolute atomic E-state index is 0.223. The van der Waals surface area contributed by atoms with E-state index in [9.17, 15) is 5.11 Å². The monoisotopic (exact) mass is 220 g/mol. The van der Waals surface area contributed by atoms with Gasteiger partial charge in [0.25, 0.3) is 0 Å². The molecule has 82 valence electrons. The first-order valence-corrected chi connectivity index (χ1v) is 5.37. The molecule has 2 aromatic carbocycles. The summed E-state index contributed by atoms with van der Waals surface area (Å²) in [5.41, 5.74) is 1.65. The van der Waals surface area contributed by atoms with Crippen molar-refractivity contribution in [2.75, 3.05) is 0 Å². The van der Waals surface area contributed by atoms with Crippen LogP contribution in [-0.4, -0.2) is 5.11 Å². The fourth-order valence-electron chi connectivity index (χ4n) is 1.80. The first-order chi connectivity index (χ1) is 8.26. The van der Waals surface area contributed by atoms with Crippen molar-refractivity contribution in [3.05, 3.63) is 41.5 Å². The molecule has 0 aliphatic heterocycles. The highest BCUT2D eigenvalue weighted by molar-refractivity contribution is 5.91. The van der Waals surface area contributed by atoms with Gasteiger partial charge in [-0.2, -0.15) is 0 Å². The normalized spacial score (nSPS) is 9.06. The van der Waals surface area contributed by atoms with Crippen molar-refractivity contribution < 1.29 is 5.11 Å². The van der Waals surface area contributed by atoms with Gasteiger partial charge in [0.2, 0.25) is 0 Å². The van der Waals surface area contributed by atoms with Gasteiger partial charge in [-0.05, 0) is 37.4 Å². The van der Waals surface area contributed by atoms with Gasteiger partial charge in [0.1, 0.15) is 5.75 Å². The van der Waals surface area contributed by atoms with E-state index in [2.05, 4.69) is 23.7 Å². The minimum atomic E-state index is 0.223. The first kappa shape index (κ1) is 11.1. The Morgan fingerprint density at radius 1 is 0.941 bits per heavy atom. The predicted octanol–water partition coefficient (Wildman–Crippen LogP) is 3.29. The van der Waals surface area contributed by atoms with Crippen molar-refractivity contribution in [2.24, 2.45) is 0 Å². The maximum atomic E-state index is 9.78. The van der Waals surface area contributed by atoms with Crippen LogP contribution in [0.3, 0.4) is 0 Å². The Hall–Kier alpha value is -2.38. The van der Waals surface area contributed by atoms with Gasteiger partial charge in [-0.25, -0.2) is 0 Å². The fourth-order valence-corrected chi connectivity index (χ4v) is 1.80. The maximum absolute atomic E-state index is 9.78. The summed E-state index contributed by atoms with van der Waals surface area (Å²) >= 11 is 0. The van der Waals surface area contributed by atoms with Crippen LogP contribution in [0, 0.1) is 23.7 Å². The van der Waals surface area contributed by atoms with E-state index in [1.807, 2.05) is 31.2 Å². The Kier molecular flexibility index (Phi) is 3.03. The summed E-state index contributed by atoms with van der Waals surface area (Å²) in [5.74, 6) is 11.9. The SMILES string of the molecule is CC#Cc1ccc2c(C#CC)c(O)ccc2c1. The van der Waals surface area contributed by atoms with E-state index in [-0.39, 0.29) is 5.75 Å². The predicted molar refractivity (Wildman–Crippen MR) is 70.7 cm³/mol. The highest BCUT2D eigenvalue weighted by Crippen LogP contribution is 2.27. The van der Waals surface area contributed by atoms with Crippen molar-refractivity contribution in [3.8, 4) is 29.4 Å². The molecule has 0 saturated heterocycles. The molecule has 17 heavy (non-hydrogen) atoms. The Bertz CT molecular complexity index is 688. The van der Waals surface area contributed by atoms with Gasteiger partial charge in [0, 0.05) is 10.9 Å². The number of rotatable bonds is 0. The molecule has 0 amide bonds. The largest absolute Gasteiger partial charge is 0.507 e. The average Bonchev–Trinajstić information content (AvgIpc) is 2.33. The fraction of sp³-hybridized carbons (Fsp3) is 0.125. The van der Waals surface area contributed by atoms with E-state index in [4.69, 9.17) is 0 Å². The van der Waals surface area contributed by atoms with Crippen LogP contribution >= 0.6 is 0 Å². The second kappa shape index (κ2) is 4.64. The van der Waals surface area contributed by atoms with Crippen molar-refractivity contribution in [2.45, 2.75) is 13.8 Å². The van der Waals surface area contributed by atoms with Crippen LogP contribution in [0.25, 0.3) is 10.8 Å². The number of hydrogen-bond donors (Lipinski definition) is 1. The molecule has 0 radical (unpaired) electrons. The third kappa shape index (κ3) is 2.10. The summed E-state index contributed by atoms with van der Waals surface area (Å²) in [7, 11) is 0. The molecule has 0 unspecified atom stereocenters. The Labute approximate surface area is 101 Å². The van der Waals surface area contributed by atoms with Crippen molar-refractivity contribution >= 4 is 10.8 Å². The van der Waals surface area contributed by atoms with Crippen LogP contribution in [0.4, 0.5) is 0 Å². The Balaban J connectivity index is 2.76. The molecular weight excluding hydrogens is 208 g/mol. The molecule has 0 aliphatic rings. The molecule has 1 nitrogen and oxygen atoms in total. The smallest absolute Gasteiger partial charge is 0.131 e. The van der Waals surface area contributed by atoms with Gasteiger partial charge < -0.3 is 5.11 Å². The van der Waals surface area contributed by atoms with Crippen LogP contribution in [0.2, 0.25) is 0 Å². The van der Waals surface area contributed by atoms with E-state index in [1.54, 1.807) is 13.0 Å². The summed E-state index contributed by atoms with van der Waals surface area (Å²) in [5, 5.41) is 11.8. The molecule has 0 saturated carbocycles.